The minimum absolute atomic E-state index is 0.0187. The van der Waals surface area contributed by atoms with Gasteiger partial charge in [0.15, 0.2) is 0 Å². The van der Waals surface area contributed by atoms with Gasteiger partial charge in [-0.15, -0.1) is 0 Å². The topological polar surface area (TPSA) is 58.4 Å². The van der Waals surface area contributed by atoms with Crippen molar-refractivity contribution in [3.05, 3.63) is 35.9 Å². The fourth-order valence-corrected chi connectivity index (χ4v) is 2.02. The molecule has 0 aliphatic rings. The number of amides is 1. The van der Waals surface area contributed by atoms with E-state index in [1.807, 2.05) is 30.3 Å². The summed E-state index contributed by atoms with van der Waals surface area (Å²) in [6, 6.07) is 9.51. The lowest BCUT2D eigenvalue weighted by atomic mass is 10.0. The Bertz CT molecular complexity index is 381. The van der Waals surface area contributed by atoms with Gasteiger partial charge in [0.25, 0.3) is 0 Å². The summed E-state index contributed by atoms with van der Waals surface area (Å²) >= 11 is 0. The van der Waals surface area contributed by atoms with E-state index in [9.17, 15) is 4.79 Å². The summed E-state index contributed by atoms with van der Waals surface area (Å²) < 4.78 is 0. The van der Waals surface area contributed by atoms with E-state index in [-0.39, 0.29) is 11.9 Å². The minimum atomic E-state index is -0.228. The van der Waals surface area contributed by atoms with Crippen molar-refractivity contribution in [2.45, 2.75) is 32.2 Å². The van der Waals surface area contributed by atoms with Crippen molar-refractivity contribution < 1.29 is 4.79 Å². The molecular weight excluding hydrogens is 250 g/mol. The molecule has 3 N–H and O–H groups in total. The first-order valence-electron chi connectivity index (χ1n) is 7.39. The maximum absolute atomic E-state index is 11.8. The standard InChI is InChI=1S/C16H27N3O/c1-3-4-11-19(2)12-10-18-16(20)13-15(17)14-8-6-5-7-9-14/h5-9,15H,3-4,10-13,17H2,1-2H3,(H,18,20). The van der Waals surface area contributed by atoms with Gasteiger partial charge in [-0.25, -0.2) is 0 Å². The van der Waals surface area contributed by atoms with Crippen molar-refractivity contribution >= 4 is 5.91 Å². The summed E-state index contributed by atoms with van der Waals surface area (Å²) in [5.74, 6) is 0.0187. The fraction of sp³-hybridized carbons (Fsp3) is 0.562. The van der Waals surface area contributed by atoms with E-state index in [4.69, 9.17) is 5.73 Å². The summed E-state index contributed by atoms with van der Waals surface area (Å²) in [5.41, 5.74) is 7.02. The molecule has 0 aliphatic carbocycles. The number of likely N-dealkylation sites (N-methyl/N-ethyl adjacent to an activating group) is 1. The van der Waals surface area contributed by atoms with Crippen LogP contribution in [0.2, 0.25) is 0 Å². The molecule has 0 aromatic heterocycles. The lowest BCUT2D eigenvalue weighted by molar-refractivity contribution is -0.121. The van der Waals surface area contributed by atoms with E-state index >= 15 is 0 Å². The van der Waals surface area contributed by atoms with Crippen LogP contribution in [0.1, 0.15) is 37.8 Å². The molecule has 0 saturated carbocycles. The average Bonchev–Trinajstić information content (AvgIpc) is 2.46. The molecule has 0 bridgehead atoms. The summed E-state index contributed by atoms with van der Waals surface area (Å²) in [4.78, 5) is 14.0. The van der Waals surface area contributed by atoms with Gasteiger partial charge in [-0.1, -0.05) is 43.7 Å². The monoisotopic (exact) mass is 277 g/mol. The number of nitrogens with one attached hydrogen (secondary N) is 1. The number of hydrogen-bond acceptors (Lipinski definition) is 3. The number of hydrogen-bond donors (Lipinski definition) is 2. The van der Waals surface area contributed by atoms with E-state index in [1.165, 1.54) is 12.8 Å². The third kappa shape index (κ3) is 6.68. The molecule has 112 valence electrons. The van der Waals surface area contributed by atoms with Crippen molar-refractivity contribution in [3.8, 4) is 0 Å². The van der Waals surface area contributed by atoms with Crippen LogP contribution < -0.4 is 11.1 Å². The number of rotatable bonds is 9. The molecule has 20 heavy (non-hydrogen) atoms. The Morgan fingerprint density at radius 1 is 1.30 bits per heavy atom. The van der Waals surface area contributed by atoms with Crippen LogP contribution in [0.3, 0.4) is 0 Å². The Kier molecular flexibility index (Phi) is 7.92. The van der Waals surface area contributed by atoms with Crippen LogP contribution in [-0.4, -0.2) is 37.5 Å². The van der Waals surface area contributed by atoms with Gasteiger partial charge in [-0.3, -0.25) is 4.79 Å². The van der Waals surface area contributed by atoms with Crippen LogP contribution in [0, 0.1) is 0 Å². The summed E-state index contributed by atoms with van der Waals surface area (Å²) in [5, 5.41) is 2.93. The van der Waals surface area contributed by atoms with Crippen LogP contribution in [0.5, 0.6) is 0 Å². The molecule has 0 aliphatic heterocycles. The maximum atomic E-state index is 11.8. The molecule has 1 aromatic rings. The molecule has 1 aromatic carbocycles. The molecule has 4 heteroatoms. The normalized spacial score (nSPS) is 12.4. The van der Waals surface area contributed by atoms with Crippen molar-refractivity contribution in [1.29, 1.82) is 0 Å². The summed E-state index contributed by atoms with van der Waals surface area (Å²) in [6.07, 6.45) is 2.73. The predicted molar refractivity (Wildman–Crippen MR) is 83.4 cm³/mol. The van der Waals surface area contributed by atoms with Crippen LogP contribution >= 0.6 is 0 Å². The first kappa shape index (κ1) is 16.7. The van der Waals surface area contributed by atoms with Crippen LogP contribution in [0.15, 0.2) is 30.3 Å². The van der Waals surface area contributed by atoms with Gasteiger partial charge in [0, 0.05) is 25.6 Å². The largest absolute Gasteiger partial charge is 0.355 e. The third-order valence-corrected chi connectivity index (χ3v) is 3.34. The molecule has 0 saturated heterocycles. The number of nitrogens with zero attached hydrogens (tertiary/aromatic N) is 1. The molecular formula is C16H27N3O. The molecule has 1 atom stereocenters. The van der Waals surface area contributed by atoms with Crippen LogP contribution in [-0.2, 0) is 4.79 Å². The second-order valence-electron chi connectivity index (χ2n) is 5.23. The lowest BCUT2D eigenvalue weighted by Crippen LogP contribution is -2.34. The number of unbranched alkanes of at least 4 members (excludes halogenated alkanes) is 1. The maximum Gasteiger partial charge on any atom is 0.221 e. The zero-order chi connectivity index (χ0) is 14.8. The smallest absolute Gasteiger partial charge is 0.221 e. The van der Waals surface area contributed by atoms with Gasteiger partial charge in [0.2, 0.25) is 5.91 Å². The highest BCUT2D eigenvalue weighted by Crippen LogP contribution is 2.12. The second kappa shape index (κ2) is 9.50. The highest BCUT2D eigenvalue weighted by molar-refractivity contribution is 5.76. The summed E-state index contributed by atoms with van der Waals surface area (Å²) in [6.45, 7) is 4.82. The fourth-order valence-electron chi connectivity index (χ4n) is 2.02. The Morgan fingerprint density at radius 3 is 2.65 bits per heavy atom. The molecule has 0 radical (unpaired) electrons. The Hall–Kier alpha value is -1.39. The quantitative estimate of drug-likeness (QED) is 0.725. The Labute approximate surface area is 122 Å². The van der Waals surface area contributed by atoms with Gasteiger partial charge in [-0.05, 0) is 25.6 Å². The van der Waals surface area contributed by atoms with Gasteiger partial charge in [0.05, 0.1) is 0 Å². The van der Waals surface area contributed by atoms with Gasteiger partial charge in [0.1, 0.15) is 0 Å². The molecule has 0 spiro atoms. The van der Waals surface area contributed by atoms with Gasteiger partial charge >= 0.3 is 0 Å². The lowest BCUT2D eigenvalue weighted by Gasteiger charge is -2.17. The number of carbonyl (C=O) groups excluding carboxylic acids is 1. The molecule has 0 fully saturated rings. The van der Waals surface area contributed by atoms with Crippen molar-refractivity contribution in [1.82, 2.24) is 10.2 Å². The second-order valence-corrected chi connectivity index (χ2v) is 5.23. The molecule has 0 heterocycles. The predicted octanol–water partition coefficient (Wildman–Crippen LogP) is 1.92. The number of carbonyl (C=O) groups is 1. The zero-order valence-electron chi connectivity index (χ0n) is 12.6. The van der Waals surface area contributed by atoms with Crippen molar-refractivity contribution in [2.75, 3.05) is 26.7 Å². The van der Waals surface area contributed by atoms with Crippen molar-refractivity contribution in [3.63, 3.8) is 0 Å². The number of benzene rings is 1. The minimum Gasteiger partial charge on any atom is -0.355 e. The molecule has 1 amide bonds. The van der Waals surface area contributed by atoms with Crippen molar-refractivity contribution in [2.24, 2.45) is 5.73 Å². The highest BCUT2D eigenvalue weighted by Gasteiger charge is 2.10. The van der Waals surface area contributed by atoms with E-state index in [0.29, 0.717) is 13.0 Å². The average molecular weight is 277 g/mol. The first-order chi connectivity index (χ1) is 9.63. The Morgan fingerprint density at radius 2 is 2.00 bits per heavy atom. The zero-order valence-corrected chi connectivity index (χ0v) is 12.6. The van der Waals surface area contributed by atoms with E-state index in [0.717, 1.165) is 18.7 Å². The Balaban J connectivity index is 2.20. The van der Waals surface area contributed by atoms with Gasteiger partial charge in [-0.2, -0.15) is 0 Å². The third-order valence-electron chi connectivity index (χ3n) is 3.34. The van der Waals surface area contributed by atoms with Crippen LogP contribution in [0.4, 0.5) is 0 Å². The van der Waals surface area contributed by atoms with Crippen LogP contribution in [0.25, 0.3) is 0 Å². The summed E-state index contributed by atoms with van der Waals surface area (Å²) in [7, 11) is 2.08. The molecule has 4 nitrogen and oxygen atoms in total. The van der Waals surface area contributed by atoms with E-state index < -0.39 is 0 Å². The van der Waals surface area contributed by atoms with Gasteiger partial charge < -0.3 is 16.0 Å². The van der Waals surface area contributed by atoms with E-state index in [2.05, 4.69) is 24.2 Å². The highest BCUT2D eigenvalue weighted by atomic mass is 16.1. The first-order valence-corrected chi connectivity index (χ1v) is 7.39. The number of nitrogens with two attached hydrogens (primary N) is 1. The molecule has 1 unspecified atom stereocenters. The van der Waals surface area contributed by atoms with E-state index in [1.54, 1.807) is 0 Å². The molecule has 1 rings (SSSR count). The SMILES string of the molecule is CCCCN(C)CCNC(=O)CC(N)c1ccccc1.